The first kappa shape index (κ1) is 57.6. The van der Waals surface area contributed by atoms with Gasteiger partial charge in [0, 0.05) is 13.0 Å². The van der Waals surface area contributed by atoms with Crippen molar-refractivity contribution in [2.45, 2.75) is 250 Å². The molecule has 4 N–H and O–H groups in total. The summed E-state index contributed by atoms with van der Waals surface area (Å²) in [5, 5.41) is 30.7. The maximum Gasteiger partial charge on any atom is 0.397 e. The van der Waals surface area contributed by atoms with Gasteiger partial charge in [-0.25, -0.2) is 4.18 Å². The fourth-order valence-electron chi connectivity index (χ4n) is 7.55. The number of hydrogen-bond donors (Lipinski definition) is 4. The zero-order valence-electron chi connectivity index (χ0n) is 38.5. The molecular weight excluding hydrogens is 801 g/mol. The van der Waals surface area contributed by atoms with E-state index in [-0.39, 0.29) is 19.6 Å². The average Bonchev–Trinajstić information content (AvgIpc) is 3.23. The van der Waals surface area contributed by atoms with Crippen LogP contribution in [0.2, 0.25) is 0 Å². The summed E-state index contributed by atoms with van der Waals surface area (Å²) in [6.07, 6.45) is 36.5. The number of carbonyl (C=O) groups excluding carboxylic acids is 1. The van der Waals surface area contributed by atoms with Gasteiger partial charge in [-0.3, -0.25) is 9.35 Å². The molecule has 6 atom stereocenters. The minimum Gasteiger partial charge on any atom is -0.457 e. The van der Waals surface area contributed by atoms with E-state index in [0.29, 0.717) is 13.0 Å². The number of aliphatic hydroxyl groups excluding tert-OH is 3. The Labute approximate surface area is 371 Å². The number of ether oxygens (including phenoxy) is 4. The molecule has 0 aliphatic carbocycles. The first-order chi connectivity index (χ1) is 29.6. The van der Waals surface area contributed by atoms with Gasteiger partial charge in [0.05, 0.1) is 19.8 Å². The molecule has 0 spiro atoms. The van der Waals surface area contributed by atoms with Crippen LogP contribution in [0.5, 0.6) is 0 Å². The van der Waals surface area contributed by atoms with Gasteiger partial charge in [-0.2, -0.15) is 8.42 Å². The van der Waals surface area contributed by atoms with E-state index in [2.05, 4.69) is 42.3 Å². The second-order valence-electron chi connectivity index (χ2n) is 17.0. The molecule has 1 heterocycles. The second-order valence-corrected chi connectivity index (χ2v) is 18.1. The van der Waals surface area contributed by atoms with E-state index in [4.69, 9.17) is 23.5 Å². The predicted octanol–water partition coefficient (Wildman–Crippen LogP) is 10.8. The van der Waals surface area contributed by atoms with Gasteiger partial charge in [0.1, 0.15) is 30.5 Å². The molecule has 1 fully saturated rings. The lowest BCUT2D eigenvalue weighted by atomic mass is 9.99. The molecule has 0 amide bonds. The first-order valence-corrected chi connectivity index (χ1v) is 26.0. The van der Waals surface area contributed by atoms with E-state index in [0.717, 1.165) is 51.4 Å². The van der Waals surface area contributed by atoms with Crippen LogP contribution in [0.3, 0.4) is 0 Å². The smallest absolute Gasteiger partial charge is 0.397 e. The molecule has 12 nitrogen and oxygen atoms in total. The van der Waals surface area contributed by atoms with Gasteiger partial charge in [-0.05, 0) is 57.8 Å². The number of aliphatic hydroxyl groups is 3. The highest BCUT2D eigenvalue weighted by molar-refractivity contribution is 7.80. The maximum absolute atomic E-state index is 12.9. The molecule has 0 aromatic rings. The lowest BCUT2D eigenvalue weighted by Gasteiger charge is -2.41. The molecule has 0 aromatic heterocycles. The van der Waals surface area contributed by atoms with Crippen molar-refractivity contribution in [1.29, 1.82) is 0 Å². The molecule has 0 saturated carbocycles. The van der Waals surface area contributed by atoms with Crippen LogP contribution < -0.4 is 0 Å². The molecule has 1 aliphatic heterocycles. The Balaban J connectivity index is 2.32. The summed E-state index contributed by atoms with van der Waals surface area (Å²) in [6, 6.07) is 0. The summed E-state index contributed by atoms with van der Waals surface area (Å²) in [5.74, 6) is -0.401. The number of carbonyl (C=O) groups is 1. The van der Waals surface area contributed by atoms with E-state index in [1.54, 1.807) is 0 Å². The summed E-state index contributed by atoms with van der Waals surface area (Å²) in [5.41, 5.74) is 0. The number of rotatable bonds is 43. The standard InChI is InChI=1S/C48H90O12S/c1-3-5-7-9-11-13-15-16-17-18-19-20-21-22-23-24-25-26-27-29-31-33-35-37-44(50)58-42(40-56-38-36-34-32-30-28-14-12-10-8-6-4-2)41-57-48-46(52)47(60-61(53,54)55)45(51)43(39-49)59-48/h8,10,18-19,42-43,45-49,51-52H,3-7,9,11-17,20-41H2,1-2H3,(H,53,54,55)/b10-8-,19-18-. The van der Waals surface area contributed by atoms with Gasteiger partial charge >= 0.3 is 16.4 Å². The van der Waals surface area contributed by atoms with Crippen LogP contribution in [0.25, 0.3) is 0 Å². The van der Waals surface area contributed by atoms with Crippen molar-refractivity contribution in [3.05, 3.63) is 24.3 Å². The van der Waals surface area contributed by atoms with Gasteiger partial charge in [0.15, 0.2) is 6.29 Å². The number of allylic oxidation sites excluding steroid dienone is 4. The summed E-state index contributed by atoms with van der Waals surface area (Å²) in [7, 11) is -5.06. The van der Waals surface area contributed by atoms with E-state index in [1.807, 2.05) is 0 Å². The molecule has 0 aromatic carbocycles. The summed E-state index contributed by atoms with van der Waals surface area (Å²) in [6.45, 7) is 3.94. The normalized spacial score (nSPS) is 20.3. The molecule has 0 bridgehead atoms. The molecule has 0 radical (unpaired) electrons. The summed E-state index contributed by atoms with van der Waals surface area (Å²) < 4.78 is 59.1. The van der Waals surface area contributed by atoms with Crippen molar-refractivity contribution in [2.24, 2.45) is 0 Å². The Morgan fingerprint density at radius 1 is 0.607 bits per heavy atom. The van der Waals surface area contributed by atoms with Crippen LogP contribution in [0.4, 0.5) is 0 Å². The van der Waals surface area contributed by atoms with E-state index in [9.17, 15) is 28.5 Å². The Bertz CT molecular complexity index is 1170. The van der Waals surface area contributed by atoms with E-state index in [1.165, 1.54) is 135 Å². The van der Waals surface area contributed by atoms with Crippen molar-refractivity contribution in [3.63, 3.8) is 0 Å². The lowest BCUT2D eigenvalue weighted by Crippen LogP contribution is -2.60. The van der Waals surface area contributed by atoms with Crippen molar-refractivity contribution in [2.75, 3.05) is 26.4 Å². The molecule has 61 heavy (non-hydrogen) atoms. The highest BCUT2D eigenvalue weighted by Crippen LogP contribution is 2.26. The van der Waals surface area contributed by atoms with Gasteiger partial charge < -0.3 is 34.3 Å². The van der Waals surface area contributed by atoms with Crippen LogP contribution in [0.1, 0.15) is 213 Å². The molecule has 360 valence electrons. The van der Waals surface area contributed by atoms with Gasteiger partial charge in [0.25, 0.3) is 0 Å². The second kappa shape index (κ2) is 40.1. The lowest BCUT2D eigenvalue weighted by molar-refractivity contribution is -0.301. The van der Waals surface area contributed by atoms with Crippen molar-refractivity contribution >= 4 is 16.4 Å². The first-order valence-electron chi connectivity index (χ1n) is 24.6. The van der Waals surface area contributed by atoms with E-state index >= 15 is 0 Å². The molecule has 6 unspecified atom stereocenters. The van der Waals surface area contributed by atoms with Gasteiger partial charge in [-0.1, -0.05) is 173 Å². The molecule has 13 heteroatoms. The topological polar surface area (TPSA) is 178 Å². The molecule has 1 rings (SSSR count). The van der Waals surface area contributed by atoms with E-state index < -0.39 is 59.8 Å². The third kappa shape index (κ3) is 33.7. The quantitative estimate of drug-likeness (QED) is 0.0197. The molecule has 1 aliphatic rings. The average molecular weight is 891 g/mol. The van der Waals surface area contributed by atoms with Gasteiger partial charge in [0.2, 0.25) is 0 Å². The Hall–Kier alpha value is -1.42. The van der Waals surface area contributed by atoms with Crippen LogP contribution in [0, 0.1) is 0 Å². The Morgan fingerprint density at radius 3 is 1.54 bits per heavy atom. The largest absolute Gasteiger partial charge is 0.457 e. The van der Waals surface area contributed by atoms with Crippen LogP contribution in [0.15, 0.2) is 24.3 Å². The zero-order chi connectivity index (χ0) is 44.7. The fourth-order valence-corrected chi connectivity index (χ4v) is 8.06. The highest BCUT2D eigenvalue weighted by Gasteiger charge is 2.48. The van der Waals surface area contributed by atoms with Crippen LogP contribution in [-0.2, 0) is 38.3 Å². The minimum atomic E-state index is -5.06. The Kier molecular flexibility index (Phi) is 37.9. The fraction of sp³-hybridized carbons (Fsp3) is 0.896. The van der Waals surface area contributed by atoms with Crippen LogP contribution >= 0.6 is 0 Å². The van der Waals surface area contributed by atoms with Gasteiger partial charge in [-0.15, -0.1) is 0 Å². The third-order valence-electron chi connectivity index (χ3n) is 11.3. The molecular formula is C48H90O12S. The summed E-state index contributed by atoms with van der Waals surface area (Å²) in [4.78, 5) is 12.9. The number of unbranched alkanes of at least 4 members (excludes halogenated alkanes) is 26. The van der Waals surface area contributed by atoms with Crippen molar-refractivity contribution in [1.82, 2.24) is 0 Å². The van der Waals surface area contributed by atoms with Crippen molar-refractivity contribution < 1.29 is 56.2 Å². The maximum atomic E-state index is 12.9. The number of hydrogen-bond acceptors (Lipinski definition) is 11. The Morgan fingerprint density at radius 2 is 1.07 bits per heavy atom. The van der Waals surface area contributed by atoms with Crippen molar-refractivity contribution in [3.8, 4) is 0 Å². The summed E-state index contributed by atoms with van der Waals surface area (Å²) >= 11 is 0. The predicted molar refractivity (Wildman–Crippen MR) is 244 cm³/mol. The molecule has 1 saturated heterocycles. The zero-order valence-corrected chi connectivity index (χ0v) is 39.3. The van der Waals surface area contributed by atoms with Crippen LogP contribution in [-0.4, -0.2) is 97.5 Å². The number of esters is 1. The third-order valence-corrected chi connectivity index (χ3v) is 11.7. The monoisotopic (exact) mass is 891 g/mol. The minimum absolute atomic E-state index is 0.0338. The highest BCUT2D eigenvalue weighted by atomic mass is 32.3. The SMILES string of the molecule is CCC/C=C\CCCCCCCCOCC(COC1OC(CO)C(O)C(OS(=O)(=O)O)C1O)OC(=O)CCCCCCCCCCCCC/C=C\CCCCCCCCCC.